The van der Waals surface area contributed by atoms with E-state index < -0.39 is 0 Å². The summed E-state index contributed by atoms with van der Waals surface area (Å²) in [4.78, 5) is 0. The van der Waals surface area contributed by atoms with E-state index in [2.05, 4.69) is 12.1 Å². The first kappa shape index (κ1) is 10.9. The molecule has 1 aromatic rings. The summed E-state index contributed by atoms with van der Waals surface area (Å²) >= 11 is 5.83. The monoisotopic (exact) mass is 225 g/mol. The Balaban J connectivity index is 1.98. The van der Waals surface area contributed by atoms with E-state index >= 15 is 0 Å². The number of hydrogen-bond donors (Lipinski definition) is 1. The summed E-state index contributed by atoms with van der Waals surface area (Å²) in [6.45, 7) is 1.59. The van der Waals surface area contributed by atoms with Crippen LogP contribution in [0.3, 0.4) is 0 Å². The molecule has 1 saturated heterocycles. The molecule has 0 aromatic heterocycles. The van der Waals surface area contributed by atoms with Crippen LogP contribution in [0, 0.1) is 5.92 Å². The fourth-order valence-electron chi connectivity index (χ4n) is 1.95. The molecule has 15 heavy (non-hydrogen) atoms. The van der Waals surface area contributed by atoms with Crippen LogP contribution in [0.2, 0.25) is 5.02 Å². The van der Waals surface area contributed by atoms with Gasteiger partial charge in [-0.15, -0.1) is 0 Å². The van der Waals surface area contributed by atoms with E-state index in [1.165, 1.54) is 5.56 Å². The molecule has 1 heterocycles. The van der Waals surface area contributed by atoms with Gasteiger partial charge in [0.15, 0.2) is 0 Å². The van der Waals surface area contributed by atoms with Gasteiger partial charge in [0.25, 0.3) is 0 Å². The summed E-state index contributed by atoms with van der Waals surface area (Å²) in [7, 11) is 0. The normalized spacial score (nSPS) is 26.5. The van der Waals surface area contributed by atoms with Crippen LogP contribution in [0.5, 0.6) is 0 Å². The van der Waals surface area contributed by atoms with Gasteiger partial charge in [-0.1, -0.05) is 23.7 Å². The average Bonchev–Trinajstić information content (AvgIpc) is 2.25. The summed E-state index contributed by atoms with van der Waals surface area (Å²) in [6.07, 6.45) is 1.95. The first-order valence-electron chi connectivity index (χ1n) is 5.33. The van der Waals surface area contributed by atoms with E-state index in [0.29, 0.717) is 5.92 Å². The quantitative estimate of drug-likeness (QED) is 0.838. The average molecular weight is 226 g/mol. The first-order valence-corrected chi connectivity index (χ1v) is 5.71. The van der Waals surface area contributed by atoms with Crippen molar-refractivity contribution in [3.8, 4) is 0 Å². The van der Waals surface area contributed by atoms with Crippen LogP contribution in [0.4, 0.5) is 0 Å². The van der Waals surface area contributed by atoms with Crippen molar-refractivity contribution < 1.29 is 4.74 Å². The molecular formula is C12H16ClNO. The fourth-order valence-corrected chi connectivity index (χ4v) is 2.07. The van der Waals surface area contributed by atoms with Crippen LogP contribution in [-0.4, -0.2) is 19.3 Å². The van der Waals surface area contributed by atoms with Crippen molar-refractivity contribution in [3.63, 3.8) is 0 Å². The van der Waals surface area contributed by atoms with Crippen molar-refractivity contribution >= 4 is 11.6 Å². The molecule has 0 radical (unpaired) electrons. The van der Waals surface area contributed by atoms with Crippen LogP contribution in [-0.2, 0) is 11.2 Å². The van der Waals surface area contributed by atoms with Crippen molar-refractivity contribution in [3.05, 3.63) is 34.9 Å². The molecule has 2 N–H and O–H groups in total. The smallest absolute Gasteiger partial charge is 0.0512 e. The number of ether oxygens (including phenoxy) is 1. The molecule has 2 atom stereocenters. The van der Waals surface area contributed by atoms with Crippen molar-refractivity contribution in [1.29, 1.82) is 0 Å². The Kier molecular flexibility index (Phi) is 3.62. The van der Waals surface area contributed by atoms with E-state index in [1.807, 2.05) is 12.1 Å². The Morgan fingerprint density at radius 2 is 2.07 bits per heavy atom. The maximum Gasteiger partial charge on any atom is 0.0512 e. The van der Waals surface area contributed by atoms with Crippen molar-refractivity contribution in [2.75, 3.05) is 13.2 Å². The second-order valence-corrected chi connectivity index (χ2v) is 4.55. The van der Waals surface area contributed by atoms with Gasteiger partial charge in [0.2, 0.25) is 0 Å². The second kappa shape index (κ2) is 4.97. The van der Waals surface area contributed by atoms with Gasteiger partial charge in [-0.05, 0) is 30.5 Å². The van der Waals surface area contributed by atoms with E-state index in [-0.39, 0.29) is 6.04 Å². The lowest BCUT2D eigenvalue weighted by Gasteiger charge is -2.28. The van der Waals surface area contributed by atoms with Crippen molar-refractivity contribution in [2.24, 2.45) is 11.7 Å². The lowest BCUT2D eigenvalue weighted by molar-refractivity contribution is 0.0422. The first-order chi connectivity index (χ1) is 7.25. The molecule has 3 heteroatoms. The van der Waals surface area contributed by atoms with Gasteiger partial charge in [0.1, 0.15) is 0 Å². The molecule has 1 aliphatic heterocycles. The molecule has 0 spiro atoms. The maximum absolute atomic E-state index is 6.05. The SMILES string of the molecule is N[C@H]1CCOC[C@@H]1Cc1ccc(Cl)cc1. The minimum absolute atomic E-state index is 0.273. The van der Waals surface area contributed by atoms with Gasteiger partial charge in [0, 0.05) is 23.6 Å². The molecule has 0 bridgehead atoms. The molecule has 82 valence electrons. The van der Waals surface area contributed by atoms with Crippen LogP contribution in [0.15, 0.2) is 24.3 Å². The number of halogens is 1. The van der Waals surface area contributed by atoms with Crippen LogP contribution in [0.1, 0.15) is 12.0 Å². The van der Waals surface area contributed by atoms with Gasteiger partial charge in [-0.3, -0.25) is 0 Å². The Morgan fingerprint density at radius 3 is 2.73 bits per heavy atom. The van der Waals surface area contributed by atoms with Gasteiger partial charge in [0.05, 0.1) is 6.61 Å². The molecule has 2 rings (SSSR count). The third-order valence-corrected chi connectivity index (χ3v) is 3.20. The lowest BCUT2D eigenvalue weighted by atomic mass is 9.90. The van der Waals surface area contributed by atoms with E-state index in [9.17, 15) is 0 Å². The van der Waals surface area contributed by atoms with Gasteiger partial charge >= 0.3 is 0 Å². The van der Waals surface area contributed by atoms with E-state index in [1.54, 1.807) is 0 Å². The number of rotatable bonds is 2. The molecule has 0 unspecified atom stereocenters. The van der Waals surface area contributed by atoms with Crippen molar-refractivity contribution in [2.45, 2.75) is 18.9 Å². The standard InChI is InChI=1S/C12H16ClNO/c13-11-3-1-9(2-4-11)7-10-8-15-6-5-12(10)14/h1-4,10,12H,5-8,14H2/t10-,12-/m0/s1. The molecule has 0 saturated carbocycles. The Hall–Kier alpha value is -0.570. The van der Waals surface area contributed by atoms with E-state index in [4.69, 9.17) is 22.1 Å². The molecule has 0 amide bonds. The van der Waals surface area contributed by atoms with Crippen molar-refractivity contribution in [1.82, 2.24) is 0 Å². The molecule has 1 aliphatic rings. The largest absolute Gasteiger partial charge is 0.381 e. The highest BCUT2D eigenvalue weighted by atomic mass is 35.5. The summed E-state index contributed by atoms with van der Waals surface area (Å²) in [5.41, 5.74) is 7.33. The number of benzene rings is 1. The maximum atomic E-state index is 6.05. The summed E-state index contributed by atoms with van der Waals surface area (Å²) in [6, 6.07) is 8.24. The predicted molar refractivity (Wildman–Crippen MR) is 62.1 cm³/mol. The Bertz CT molecular complexity index is 312. The van der Waals surface area contributed by atoms with Crippen LogP contribution < -0.4 is 5.73 Å². The summed E-state index contributed by atoms with van der Waals surface area (Å²) in [5, 5.41) is 0.781. The highest BCUT2D eigenvalue weighted by Gasteiger charge is 2.22. The molecular weight excluding hydrogens is 210 g/mol. The van der Waals surface area contributed by atoms with Gasteiger partial charge in [-0.25, -0.2) is 0 Å². The highest BCUT2D eigenvalue weighted by Crippen LogP contribution is 2.19. The molecule has 1 aromatic carbocycles. The predicted octanol–water partition coefficient (Wildman–Crippen LogP) is 2.25. The highest BCUT2D eigenvalue weighted by molar-refractivity contribution is 6.30. The van der Waals surface area contributed by atoms with Crippen LogP contribution >= 0.6 is 11.6 Å². The third-order valence-electron chi connectivity index (χ3n) is 2.94. The second-order valence-electron chi connectivity index (χ2n) is 4.12. The number of nitrogens with two attached hydrogens (primary N) is 1. The fraction of sp³-hybridized carbons (Fsp3) is 0.500. The minimum Gasteiger partial charge on any atom is -0.381 e. The zero-order valence-electron chi connectivity index (χ0n) is 8.66. The minimum atomic E-state index is 0.273. The molecule has 1 fully saturated rings. The third kappa shape index (κ3) is 2.94. The zero-order chi connectivity index (χ0) is 10.7. The zero-order valence-corrected chi connectivity index (χ0v) is 9.41. The molecule has 0 aliphatic carbocycles. The summed E-state index contributed by atoms with van der Waals surface area (Å²) < 4.78 is 5.44. The lowest BCUT2D eigenvalue weighted by Crippen LogP contribution is -2.39. The topological polar surface area (TPSA) is 35.2 Å². The summed E-state index contributed by atoms with van der Waals surface area (Å²) in [5.74, 6) is 0.444. The Labute approximate surface area is 95.4 Å². The molecule has 2 nitrogen and oxygen atoms in total. The van der Waals surface area contributed by atoms with Gasteiger partial charge < -0.3 is 10.5 Å². The Morgan fingerprint density at radius 1 is 1.33 bits per heavy atom. The van der Waals surface area contributed by atoms with E-state index in [0.717, 1.165) is 31.1 Å². The number of hydrogen-bond acceptors (Lipinski definition) is 2. The van der Waals surface area contributed by atoms with Gasteiger partial charge in [-0.2, -0.15) is 0 Å². The van der Waals surface area contributed by atoms with Crippen LogP contribution in [0.25, 0.3) is 0 Å².